The molecule has 0 bridgehead atoms. The minimum atomic E-state index is -4.56. The van der Waals surface area contributed by atoms with Crippen molar-refractivity contribution in [3.63, 3.8) is 0 Å². The van der Waals surface area contributed by atoms with Gasteiger partial charge in [0.25, 0.3) is 5.91 Å². The number of nitrogens with one attached hydrogen (secondary N) is 2. The monoisotopic (exact) mass is 502 g/mol. The first-order valence-electron chi connectivity index (χ1n) is 11.2. The molecule has 1 aromatic carbocycles. The van der Waals surface area contributed by atoms with E-state index in [0.717, 1.165) is 11.8 Å². The lowest BCUT2D eigenvalue weighted by atomic mass is 9.90. The molecule has 0 unspecified atom stereocenters. The van der Waals surface area contributed by atoms with Gasteiger partial charge in [0, 0.05) is 46.6 Å². The molecule has 182 valence electrons. The van der Waals surface area contributed by atoms with Crippen LogP contribution in [0.5, 0.6) is 0 Å². The maximum absolute atomic E-state index is 13.4. The molecule has 1 fully saturated rings. The summed E-state index contributed by atoms with van der Waals surface area (Å²) >= 11 is 6.09. The topological polar surface area (TPSA) is 84.2 Å². The maximum Gasteiger partial charge on any atom is 0.433 e. The fraction of sp³-hybridized carbons (Fsp3) is 0.333. The van der Waals surface area contributed by atoms with Crippen molar-refractivity contribution in [3.05, 3.63) is 64.7 Å². The van der Waals surface area contributed by atoms with Gasteiger partial charge in [-0.05, 0) is 56.9 Å². The second kappa shape index (κ2) is 8.99. The molecule has 35 heavy (non-hydrogen) atoms. The minimum absolute atomic E-state index is 0.0371. The molecule has 1 amide bonds. The second-order valence-electron chi connectivity index (χ2n) is 8.81. The summed E-state index contributed by atoms with van der Waals surface area (Å²) in [6.07, 6.45) is 1.37. The lowest BCUT2D eigenvalue weighted by Gasteiger charge is -2.30. The lowest BCUT2D eigenvalue weighted by Crippen LogP contribution is -2.40. The number of hydrogen-bond acceptors (Lipinski definition) is 5. The summed E-state index contributed by atoms with van der Waals surface area (Å²) in [4.78, 5) is 20.7. The highest BCUT2D eigenvalue weighted by atomic mass is 35.5. The van der Waals surface area contributed by atoms with E-state index in [4.69, 9.17) is 11.6 Å². The van der Waals surface area contributed by atoms with E-state index >= 15 is 0 Å². The molecule has 0 aliphatic heterocycles. The van der Waals surface area contributed by atoms with Crippen molar-refractivity contribution in [2.45, 2.75) is 50.9 Å². The third-order valence-corrected chi connectivity index (χ3v) is 6.42. The third kappa shape index (κ3) is 5.02. The van der Waals surface area contributed by atoms with Crippen LogP contribution in [0.3, 0.4) is 0 Å². The van der Waals surface area contributed by atoms with Gasteiger partial charge in [-0.15, -0.1) is 0 Å². The van der Waals surface area contributed by atoms with E-state index in [1.807, 2.05) is 13.0 Å². The Balaban J connectivity index is 1.26. The number of halogens is 4. The van der Waals surface area contributed by atoms with Gasteiger partial charge in [-0.1, -0.05) is 11.6 Å². The summed E-state index contributed by atoms with van der Waals surface area (Å²) in [7, 11) is 0. The van der Waals surface area contributed by atoms with Crippen LogP contribution < -0.4 is 10.6 Å². The van der Waals surface area contributed by atoms with E-state index in [9.17, 15) is 18.0 Å². The summed E-state index contributed by atoms with van der Waals surface area (Å²) in [6, 6.07) is 7.41. The number of carbonyl (C=O) groups excluding carboxylic acids is 1. The maximum atomic E-state index is 13.4. The van der Waals surface area contributed by atoms with Crippen molar-refractivity contribution >= 4 is 39.7 Å². The summed E-state index contributed by atoms with van der Waals surface area (Å²) in [5.41, 5.74) is 1.53. The molecule has 0 atom stereocenters. The summed E-state index contributed by atoms with van der Waals surface area (Å²) in [6.45, 7) is 1.86. The molecule has 4 aromatic rings. The molecule has 2 N–H and O–H groups in total. The predicted molar refractivity (Wildman–Crippen MR) is 127 cm³/mol. The van der Waals surface area contributed by atoms with Crippen LogP contribution >= 0.6 is 11.6 Å². The first-order valence-corrected chi connectivity index (χ1v) is 11.6. The largest absolute Gasteiger partial charge is 0.433 e. The molecule has 7 nitrogen and oxygen atoms in total. The number of anilines is 1. The Hall–Kier alpha value is -3.40. The van der Waals surface area contributed by atoms with Gasteiger partial charge in [0.05, 0.1) is 16.8 Å². The number of fused-ring (bicyclic) bond motifs is 2. The highest BCUT2D eigenvalue weighted by molar-refractivity contribution is 6.31. The number of rotatable bonds is 4. The zero-order valence-electron chi connectivity index (χ0n) is 18.7. The van der Waals surface area contributed by atoms with Crippen molar-refractivity contribution < 1.29 is 18.0 Å². The van der Waals surface area contributed by atoms with E-state index in [1.54, 1.807) is 16.8 Å². The third-order valence-electron chi connectivity index (χ3n) is 6.18. The van der Waals surface area contributed by atoms with Gasteiger partial charge < -0.3 is 10.6 Å². The first-order chi connectivity index (χ1) is 16.7. The Morgan fingerprint density at radius 2 is 1.86 bits per heavy atom. The second-order valence-corrected chi connectivity index (χ2v) is 9.25. The molecular formula is C24H22ClF3N6O. The van der Waals surface area contributed by atoms with Crippen LogP contribution in [0, 0.1) is 6.92 Å². The van der Waals surface area contributed by atoms with Crippen molar-refractivity contribution in [1.82, 2.24) is 24.9 Å². The molecule has 11 heteroatoms. The number of pyridine rings is 1. The van der Waals surface area contributed by atoms with Crippen LogP contribution in [0.15, 0.2) is 42.7 Å². The molecule has 1 saturated carbocycles. The number of aryl methyl sites for hydroxylation is 1. The predicted octanol–water partition coefficient (Wildman–Crippen LogP) is 5.41. The van der Waals surface area contributed by atoms with Gasteiger partial charge >= 0.3 is 6.18 Å². The summed E-state index contributed by atoms with van der Waals surface area (Å²) in [5, 5.41) is 11.5. The highest BCUT2D eigenvalue weighted by Crippen LogP contribution is 2.35. The van der Waals surface area contributed by atoms with Crippen LogP contribution in [0.25, 0.3) is 16.6 Å². The number of benzene rings is 1. The smallest absolute Gasteiger partial charge is 0.382 e. The van der Waals surface area contributed by atoms with Gasteiger partial charge in [0.1, 0.15) is 5.69 Å². The van der Waals surface area contributed by atoms with Crippen molar-refractivity contribution in [3.8, 4) is 0 Å². The molecule has 1 aliphatic carbocycles. The quantitative estimate of drug-likeness (QED) is 0.390. The van der Waals surface area contributed by atoms with Crippen LogP contribution in [-0.2, 0) is 6.18 Å². The van der Waals surface area contributed by atoms with Gasteiger partial charge in [0.2, 0.25) is 0 Å². The molecule has 3 aromatic heterocycles. The average Bonchev–Trinajstić information content (AvgIpc) is 3.19. The lowest BCUT2D eigenvalue weighted by molar-refractivity contribution is -0.140. The van der Waals surface area contributed by atoms with E-state index in [2.05, 4.69) is 25.7 Å². The number of amides is 1. The standard InChI is InChI=1S/C24H22ClF3N6O/c1-13-8-22-29-11-14(12-34(22)33-13)23(35)31-17-5-3-16(4-6-17)30-20-10-21(24(26,27)28)32-19-7-2-15(25)9-18(19)20/h2,7-12,16-17H,3-6H2,1H3,(H,30,32)(H,31,35)/t16-,17+. The number of carbonyl (C=O) groups is 1. The van der Waals surface area contributed by atoms with E-state index in [-0.39, 0.29) is 23.5 Å². The summed E-state index contributed by atoms with van der Waals surface area (Å²) < 4.78 is 41.7. The highest BCUT2D eigenvalue weighted by Gasteiger charge is 2.34. The van der Waals surface area contributed by atoms with Crippen LogP contribution in [0.2, 0.25) is 5.02 Å². The van der Waals surface area contributed by atoms with Crippen LogP contribution in [-0.4, -0.2) is 37.6 Å². The van der Waals surface area contributed by atoms with Crippen molar-refractivity contribution in [2.75, 3.05) is 5.32 Å². The number of nitrogens with zero attached hydrogens (tertiary/aromatic N) is 4. The summed E-state index contributed by atoms with van der Waals surface area (Å²) in [5.74, 6) is -0.228. The Kier molecular flexibility index (Phi) is 6.00. The fourth-order valence-electron chi connectivity index (χ4n) is 4.45. The molecule has 1 aliphatic rings. The number of alkyl halides is 3. The van der Waals surface area contributed by atoms with Gasteiger partial charge in [-0.2, -0.15) is 18.3 Å². The number of aromatic nitrogens is 4. The van der Waals surface area contributed by atoms with Crippen LogP contribution in [0.1, 0.15) is 47.4 Å². The van der Waals surface area contributed by atoms with E-state index in [1.165, 1.54) is 18.3 Å². The zero-order chi connectivity index (χ0) is 24.7. The van der Waals surface area contributed by atoms with Gasteiger partial charge in [0.15, 0.2) is 5.65 Å². The Morgan fingerprint density at radius 1 is 1.11 bits per heavy atom. The average molecular weight is 503 g/mol. The van der Waals surface area contributed by atoms with Crippen molar-refractivity contribution in [2.24, 2.45) is 0 Å². The molecule has 0 radical (unpaired) electrons. The number of hydrogen-bond donors (Lipinski definition) is 2. The molecule has 0 saturated heterocycles. The molecule has 3 heterocycles. The van der Waals surface area contributed by atoms with Gasteiger partial charge in [-0.3, -0.25) is 4.79 Å². The van der Waals surface area contributed by atoms with Crippen LogP contribution in [0.4, 0.5) is 18.9 Å². The Labute approximate surface area is 203 Å². The first kappa shape index (κ1) is 23.3. The fourth-order valence-corrected chi connectivity index (χ4v) is 4.62. The normalized spacial score (nSPS) is 18.7. The molecule has 5 rings (SSSR count). The zero-order valence-corrected chi connectivity index (χ0v) is 19.5. The Bertz CT molecular complexity index is 1410. The Morgan fingerprint density at radius 3 is 2.60 bits per heavy atom. The minimum Gasteiger partial charge on any atom is -0.382 e. The SMILES string of the molecule is Cc1cc2ncc(C(=O)N[C@H]3CC[C@@H](Nc4cc(C(F)(F)F)nc5ccc(Cl)cc45)CC3)cn2n1. The van der Waals surface area contributed by atoms with Crippen molar-refractivity contribution in [1.29, 1.82) is 0 Å². The molecular weight excluding hydrogens is 481 g/mol. The van der Waals surface area contributed by atoms with E-state index in [0.29, 0.717) is 53.0 Å². The van der Waals surface area contributed by atoms with E-state index < -0.39 is 11.9 Å². The van der Waals surface area contributed by atoms with Gasteiger partial charge in [-0.25, -0.2) is 14.5 Å². The molecule has 0 spiro atoms.